The molecule has 1 aliphatic heterocycles. The van der Waals surface area contributed by atoms with Crippen LogP contribution >= 0.6 is 0 Å². The molecule has 2 aromatic rings. The number of ether oxygens (including phenoxy) is 1. The standard InChI is InChI=1S/C22H30O6Si/c1-22(2,3)29(15-10-6-4-7-11-15,16-12-8-5-9-13-16)27-14-17-18(23)19(24)20(25)21(26)28-17/h4-13,17-21,23-26H,14H2,1-3H3/t17-,18-,19+,20-,21+/m1/s1. The molecule has 3 rings (SSSR count). The third-order valence-corrected chi connectivity index (χ3v) is 10.6. The first-order chi connectivity index (χ1) is 13.7. The van der Waals surface area contributed by atoms with Gasteiger partial charge in [-0.25, -0.2) is 0 Å². The van der Waals surface area contributed by atoms with Gasteiger partial charge in [0.15, 0.2) is 6.29 Å². The lowest BCUT2D eigenvalue weighted by molar-refractivity contribution is -0.285. The molecule has 7 heteroatoms. The first-order valence-corrected chi connectivity index (χ1v) is 11.7. The zero-order valence-corrected chi connectivity index (χ0v) is 18.0. The summed E-state index contributed by atoms with van der Waals surface area (Å²) in [5, 5.41) is 41.9. The van der Waals surface area contributed by atoms with E-state index >= 15 is 0 Å². The summed E-state index contributed by atoms with van der Waals surface area (Å²) in [7, 11) is -2.84. The van der Waals surface area contributed by atoms with Gasteiger partial charge < -0.3 is 29.6 Å². The summed E-state index contributed by atoms with van der Waals surface area (Å²) < 4.78 is 12.0. The molecule has 0 radical (unpaired) electrons. The first kappa shape index (κ1) is 22.1. The molecule has 1 aliphatic rings. The van der Waals surface area contributed by atoms with Crippen LogP contribution in [0.4, 0.5) is 0 Å². The zero-order valence-electron chi connectivity index (χ0n) is 17.0. The van der Waals surface area contributed by atoms with Crippen molar-refractivity contribution in [3.05, 3.63) is 60.7 Å². The lowest BCUT2D eigenvalue weighted by atomic mass is 10.00. The van der Waals surface area contributed by atoms with E-state index in [1.807, 2.05) is 36.4 Å². The number of benzene rings is 2. The molecule has 5 atom stereocenters. The van der Waals surface area contributed by atoms with E-state index < -0.39 is 39.0 Å². The minimum absolute atomic E-state index is 0.0325. The Morgan fingerprint density at radius 2 is 1.28 bits per heavy atom. The van der Waals surface area contributed by atoms with Gasteiger partial charge in [-0.15, -0.1) is 0 Å². The van der Waals surface area contributed by atoms with Crippen molar-refractivity contribution in [2.45, 2.75) is 56.5 Å². The van der Waals surface area contributed by atoms with Crippen LogP contribution in [0.25, 0.3) is 0 Å². The van der Waals surface area contributed by atoms with Crippen LogP contribution < -0.4 is 10.4 Å². The highest BCUT2D eigenvalue weighted by molar-refractivity contribution is 6.99. The Morgan fingerprint density at radius 3 is 1.72 bits per heavy atom. The fraction of sp³-hybridized carbons (Fsp3) is 0.455. The van der Waals surface area contributed by atoms with Crippen molar-refractivity contribution in [3.63, 3.8) is 0 Å². The van der Waals surface area contributed by atoms with Gasteiger partial charge in [0.25, 0.3) is 8.32 Å². The van der Waals surface area contributed by atoms with Crippen molar-refractivity contribution in [3.8, 4) is 0 Å². The molecule has 0 unspecified atom stereocenters. The summed E-state index contributed by atoms with van der Waals surface area (Å²) in [6, 6.07) is 20.0. The summed E-state index contributed by atoms with van der Waals surface area (Å²) in [6.45, 7) is 6.36. The number of rotatable bonds is 5. The van der Waals surface area contributed by atoms with Gasteiger partial charge in [0.1, 0.15) is 24.4 Å². The maximum absolute atomic E-state index is 10.4. The van der Waals surface area contributed by atoms with E-state index in [0.717, 1.165) is 10.4 Å². The Hall–Kier alpha value is -1.58. The maximum Gasteiger partial charge on any atom is 0.261 e. The summed E-state index contributed by atoms with van der Waals surface area (Å²) in [6.07, 6.45) is -6.99. The monoisotopic (exact) mass is 418 g/mol. The quantitative estimate of drug-likeness (QED) is 0.524. The molecule has 0 amide bonds. The topological polar surface area (TPSA) is 99.4 Å². The number of hydrogen-bond acceptors (Lipinski definition) is 6. The minimum atomic E-state index is -2.84. The SMILES string of the molecule is CC(C)(C)[Si](OC[C@H]1O[C@H](O)[C@H](O)[C@@H](O)[C@@H]1O)(c1ccccc1)c1ccccc1. The highest BCUT2D eigenvalue weighted by Crippen LogP contribution is 2.37. The van der Waals surface area contributed by atoms with Crippen LogP contribution in [0.1, 0.15) is 20.8 Å². The van der Waals surface area contributed by atoms with Crippen molar-refractivity contribution >= 4 is 18.7 Å². The molecular weight excluding hydrogens is 388 g/mol. The maximum atomic E-state index is 10.4. The van der Waals surface area contributed by atoms with Crippen LogP contribution in [0.15, 0.2) is 60.7 Å². The summed E-state index contributed by atoms with van der Waals surface area (Å²) >= 11 is 0. The van der Waals surface area contributed by atoms with Crippen molar-refractivity contribution in [2.24, 2.45) is 0 Å². The molecule has 4 N–H and O–H groups in total. The van der Waals surface area contributed by atoms with Gasteiger partial charge in [0.05, 0.1) is 6.61 Å². The normalized spacial score (nSPS) is 28.3. The van der Waals surface area contributed by atoms with Crippen LogP contribution in [0.3, 0.4) is 0 Å². The van der Waals surface area contributed by atoms with E-state index in [4.69, 9.17) is 9.16 Å². The average molecular weight is 419 g/mol. The Balaban J connectivity index is 2.00. The molecule has 1 fully saturated rings. The molecule has 1 saturated heterocycles. The van der Waals surface area contributed by atoms with E-state index in [1.54, 1.807) is 0 Å². The van der Waals surface area contributed by atoms with Gasteiger partial charge in [0, 0.05) is 0 Å². The molecule has 1 heterocycles. The van der Waals surface area contributed by atoms with E-state index in [0.29, 0.717) is 0 Å². The Kier molecular flexibility index (Phi) is 6.60. The summed E-state index contributed by atoms with van der Waals surface area (Å²) in [5.74, 6) is 0. The van der Waals surface area contributed by atoms with E-state index in [1.165, 1.54) is 0 Å². The van der Waals surface area contributed by atoms with Gasteiger partial charge in [-0.2, -0.15) is 0 Å². The predicted molar refractivity (Wildman–Crippen MR) is 112 cm³/mol. The molecule has 0 aromatic heterocycles. The lowest BCUT2D eigenvalue weighted by Crippen LogP contribution is -2.68. The molecule has 2 aromatic carbocycles. The second-order valence-electron chi connectivity index (χ2n) is 8.51. The Morgan fingerprint density at radius 1 is 0.793 bits per heavy atom. The molecule has 158 valence electrons. The molecule has 0 spiro atoms. The van der Waals surface area contributed by atoms with Gasteiger partial charge >= 0.3 is 0 Å². The zero-order chi connectivity index (χ0) is 21.2. The number of aliphatic hydroxyl groups is 4. The first-order valence-electron chi connectivity index (χ1n) is 9.81. The summed E-state index contributed by atoms with van der Waals surface area (Å²) in [5.41, 5.74) is 0. The smallest absolute Gasteiger partial charge is 0.261 e. The molecule has 0 saturated carbocycles. The van der Waals surface area contributed by atoms with Gasteiger partial charge in [0.2, 0.25) is 0 Å². The van der Waals surface area contributed by atoms with Crippen LogP contribution in [-0.2, 0) is 9.16 Å². The van der Waals surface area contributed by atoms with Gasteiger partial charge in [-0.3, -0.25) is 0 Å². The van der Waals surface area contributed by atoms with E-state index in [-0.39, 0.29) is 11.6 Å². The van der Waals surface area contributed by atoms with Gasteiger partial charge in [-0.1, -0.05) is 81.4 Å². The van der Waals surface area contributed by atoms with Crippen LogP contribution in [0.5, 0.6) is 0 Å². The predicted octanol–water partition coefficient (Wildman–Crippen LogP) is 0.363. The largest absolute Gasteiger partial charge is 0.405 e. The fourth-order valence-electron chi connectivity index (χ4n) is 4.04. The third-order valence-electron chi connectivity index (χ3n) is 5.57. The van der Waals surface area contributed by atoms with Crippen LogP contribution in [0.2, 0.25) is 5.04 Å². The third kappa shape index (κ3) is 4.18. The van der Waals surface area contributed by atoms with Gasteiger partial charge in [-0.05, 0) is 15.4 Å². The van der Waals surface area contributed by atoms with Crippen LogP contribution in [0, 0.1) is 0 Å². The second-order valence-corrected chi connectivity index (χ2v) is 12.8. The molecule has 6 nitrogen and oxygen atoms in total. The van der Waals surface area contributed by atoms with Crippen LogP contribution in [-0.4, -0.2) is 66.1 Å². The van der Waals surface area contributed by atoms with Crippen molar-refractivity contribution in [2.75, 3.05) is 6.61 Å². The Labute approximate surface area is 172 Å². The molecular formula is C22H30O6Si. The molecule has 0 bridgehead atoms. The molecule has 29 heavy (non-hydrogen) atoms. The Bertz CT molecular complexity index is 739. The second kappa shape index (κ2) is 8.65. The highest BCUT2D eigenvalue weighted by atomic mass is 28.4. The summed E-state index contributed by atoms with van der Waals surface area (Å²) in [4.78, 5) is 0. The number of aliphatic hydroxyl groups excluding tert-OH is 4. The molecule has 0 aliphatic carbocycles. The highest BCUT2D eigenvalue weighted by Gasteiger charge is 2.52. The lowest BCUT2D eigenvalue weighted by Gasteiger charge is -2.45. The number of hydrogen-bond donors (Lipinski definition) is 4. The van der Waals surface area contributed by atoms with Crippen molar-refractivity contribution in [1.82, 2.24) is 0 Å². The van der Waals surface area contributed by atoms with Crippen molar-refractivity contribution in [1.29, 1.82) is 0 Å². The van der Waals surface area contributed by atoms with Crippen molar-refractivity contribution < 1.29 is 29.6 Å². The van der Waals surface area contributed by atoms with E-state index in [9.17, 15) is 20.4 Å². The minimum Gasteiger partial charge on any atom is -0.405 e. The van der Waals surface area contributed by atoms with E-state index in [2.05, 4.69) is 45.0 Å². The fourth-order valence-corrected chi connectivity index (χ4v) is 8.61. The average Bonchev–Trinajstić information content (AvgIpc) is 2.71.